The molecule has 0 aromatic heterocycles. The van der Waals surface area contributed by atoms with Crippen LogP contribution >= 0.6 is 0 Å². The number of carboxylic acids is 1. The Bertz CT molecular complexity index is 463. The molecule has 7 heteroatoms. The molecule has 0 saturated heterocycles. The van der Waals surface area contributed by atoms with E-state index in [1.54, 1.807) is 20.8 Å². The van der Waals surface area contributed by atoms with E-state index in [0.717, 1.165) is 0 Å². The number of sulfone groups is 1. The maximum atomic E-state index is 11.8. The minimum absolute atomic E-state index is 0.0290. The predicted octanol–water partition coefficient (Wildman–Crippen LogP) is 0.427. The number of aliphatic carboxylic acids is 1. The van der Waals surface area contributed by atoms with Crippen LogP contribution < -0.4 is 5.32 Å². The second-order valence-electron chi connectivity index (χ2n) is 5.85. The van der Waals surface area contributed by atoms with Gasteiger partial charge in [-0.2, -0.15) is 0 Å². The quantitative estimate of drug-likeness (QED) is 0.765. The number of carboxylic acid groups (broad SMARTS) is 1. The highest BCUT2D eigenvalue weighted by molar-refractivity contribution is 7.92. The van der Waals surface area contributed by atoms with Crippen molar-refractivity contribution in [1.29, 1.82) is 0 Å². The Morgan fingerprint density at radius 3 is 2.11 bits per heavy atom. The van der Waals surface area contributed by atoms with Crippen LogP contribution in [0.2, 0.25) is 0 Å². The summed E-state index contributed by atoms with van der Waals surface area (Å²) in [5.41, 5.74) is 0. The number of hydrogen-bond donors (Lipinski definition) is 2. The molecule has 0 heterocycles. The Labute approximate surface area is 113 Å². The van der Waals surface area contributed by atoms with Gasteiger partial charge in [-0.25, -0.2) is 8.42 Å². The molecule has 1 fully saturated rings. The highest BCUT2D eigenvalue weighted by atomic mass is 32.2. The zero-order chi connectivity index (χ0) is 14.8. The van der Waals surface area contributed by atoms with E-state index in [1.807, 2.05) is 0 Å². The van der Waals surface area contributed by atoms with E-state index < -0.39 is 32.4 Å². The van der Waals surface area contributed by atoms with Crippen LogP contribution in [0.3, 0.4) is 0 Å². The summed E-state index contributed by atoms with van der Waals surface area (Å²) in [7, 11) is -3.27. The lowest BCUT2D eigenvalue weighted by Gasteiger charge is -2.32. The van der Waals surface area contributed by atoms with Crippen molar-refractivity contribution >= 4 is 21.7 Å². The van der Waals surface area contributed by atoms with Gasteiger partial charge in [0, 0.05) is 6.54 Å². The Morgan fingerprint density at radius 1 is 1.21 bits per heavy atom. The standard InChI is InChI=1S/C12H21NO5S/c1-12(2,3)19(17,18)7-6-13-10(14)8-4-5-9(8)11(15)16/h8-9H,4-7H2,1-3H3,(H,13,14)(H,15,16). The van der Waals surface area contributed by atoms with E-state index >= 15 is 0 Å². The summed E-state index contributed by atoms with van der Waals surface area (Å²) in [5.74, 6) is -2.60. The molecular weight excluding hydrogens is 270 g/mol. The van der Waals surface area contributed by atoms with Crippen molar-refractivity contribution in [3.8, 4) is 0 Å². The zero-order valence-corrected chi connectivity index (χ0v) is 12.3. The average Bonchev–Trinajstić information content (AvgIpc) is 2.11. The fourth-order valence-corrected chi connectivity index (χ4v) is 2.84. The molecule has 1 aliphatic rings. The second kappa shape index (κ2) is 5.48. The van der Waals surface area contributed by atoms with Crippen LogP contribution in [0.5, 0.6) is 0 Å². The third-order valence-corrected chi connectivity index (χ3v) is 6.14. The molecule has 1 amide bonds. The summed E-state index contributed by atoms with van der Waals surface area (Å²) in [6.07, 6.45) is 1.06. The lowest BCUT2D eigenvalue weighted by Crippen LogP contribution is -2.45. The monoisotopic (exact) mass is 291 g/mol. The molecule has 0 radical (unpaired) electrons. The first-order chi connectivity index (χ1) is 8.56. The van der Waals surface area contributed by atoms with E-state index in [9.17, 15) is 18.0 Å². The first-order valence-electron chi connectivity index (χ1n) is 6.29. The van der Waals surface area contributed by atoms with Gasteiger partial charge in [-0.15, -0.1) is 0 Å². The van der Waals surface area contributed by atoms with Crippen molar-refractivity contribution in [3.05, 3.63) is 0 Å². The fraction of sp³-hybridized carbons (Fsp3) is 0.833. The van der Waals surface area contributed by atoms with E-state index in [4.69, 9.17) is 5.11 Å². The maximum absolute atomic E-state index is 11.8. The van der Waals surface area contributed by atoms with Crippen molar-refractivity contribution < 1.29 is 23.1 Å². The summed E-state index contributed by atoms with van der Waals surface area (Å²) in [6.45, 7) is 4.85. The summed E-state index contributed by atoms with van der Waals surface area (Å²) < 4.78 is 22.8. The fourth-order valence-electron chi connectivity index (χ4n) is 1.86. The Hall–Kier alpha value is -1.11. The molecule has 2 unspecified atom stereocenters. The molecule has 6 nitrogen and oxygen atoms in total. The van der Waals surface area contributed by atoms with Gasteiger partial charge in [-0.1, -0.05) is 0 Å². The molecule has 0 aromatic carbocycles. The highest BCUT2D eigenvalue weighted by Crippen LogP contribution is 2.34. The molecule has 1 saturated carbocycles. The van der Waals surface area contributed by atoms with Gasteiger partial charge in [0.15, 0.2) is 9.84 Å². The van der Waals surface area contributed by atoms with Gasteiger partial charge in [-0.05, 0) is 33.6 Å². The van der Waals surface area contributed by atoms with Gasteiger partial charge in [0.2, 0.25) is 5.91 Å². The van der Waals surface area contributed by atoms with Crippen molar-refractivity contribution in [2.75, 3.05) is 12.3 Å². The third kappa shape index (κ3) is 3.68. The van der Waals surface area contributed by atoms with Crippen molar-refractivity contribution in [2.24, 2.45) is 11.8 Å². The van der Waals surface area contributed by atoms with Crippen molar-refractivity contribution in [3.63, 3.8) is 0 Å². The Balaban J connectivity index is 2.43. The van der Waals surface area contributed by atoms with Gasteiger partial charge in [0.25, 0.3) is 0 Å². The van der Waals surface area contributed by atoms with Crippen LogP contribution in [-0.4, -0.2) is 42.4 Å². The molecule has 110 valence electrons. The molecule has 1 rings (SSSR count). The highest BCUT2D eigenvalue weighted by Gasteiger charge is 2.41. The lowest BCUT2D eigenvalue weighted by atomic mass is 9.73. The van der Waals surface area contributed by atoms with E-state index in [1.165, 1.54) is 0 Å². The number of hydrogen-bond acceptors (Lipinski definition) is 4. The summed E-state index contributed by atoms with van der Waals surface area (Å²) in [5, 5.41) is 11.4. The number of carbonyl (C=O) groups is 2. The molecule has 0 bridgehead atoms. The molecule has 2 atom stereocenters. The van der Waals surface area contributed by atoms with E-state index in [-0.39, 0.29) is 18.2 Å². The van der Waals surface area contributed by atoms with Crippen LogP contribution in [0.25, 0.3) is 0 Å². The van der Waals surface area contributed by atoms with E-state index in [2.05, 4.69) is 5.32 Å². The number of amides is 1. The Kier molecular flexibility index (Phi) is 4.60. The minimum Gasteiger partial charge on any atom is -0.481 e. The third-order valence-electron chi connectivity index (χ3n) is 3.53. The van der Waals surface area contributed by atoms with Crippen molar-refractivity contribution in [2.45, 2.75) is 38.4 Å². The topological polar surface area (TPSA) is 101 Å². The smallest absolute Gasteiger partial charge is 0.307 e. The van der Waals surface area contributed by atoms with Gasteiger partial charge in [0.05, 0.1) is 22.3 Å². The molecular formula is C12H21NO5S. The Morgan fingerprint density at radius 2 is 1.74 bits per heavy atom. The number of rotatable bonds is 5. The van der Waals surface area contributed by atoms with Crippen LogP contribution in [0.4, 0.5) is 0 Å². The SMILES string of the molecule is CC(C)(C)S(=O)(=O)CCNC(=O)C1CCC1C(=O)O. The largest absolute Gasteiger partial charge is 0.481 e. The van der Waals surface area contributed by atoms with Crippen LogP contribution in [0.1, 0.15) is 33.6 Å². The first kappa shape index (κ1) is 15.9. The first-order valence-corrected chi connectivity index (χ1v) is 7.94. The van der Waals surface area contributed by atoms with Gasteiger partial charge in [0.1, 0.15) is 0 Å². The second-order valence-corrected chi connectivity index (χ2v) is 8.71. The number of carbonyl (C=O) groups excluding carboxylic acids is 1. The zero-order valence-electron chi connectivity index (χ0n) is 11.5. The van der Waals surface area contributed by atoms with Gasteiger partial charge < -0.3 is 10.4 Å². The van der Waals surface area contributed by atoms with Gasteiger partial charge in [-0.3, -0.25) is 9.59 Å². The lowest BCUT2D eigenvalue weighted by molar-refractivity contribution is -0.152. The van der Waals surface area contributed by atoms with Gasteiger partial charge >= 0.3 is 5.97 Å². The molecule has 0 spiro atoms. The molecule has 19 heavy (non-hydrogen) atoms. The summed E-state index contributed by atoms with van der Waals surface area (Å²) >= 11 is 0. The average molecular weight is 291 g/mol. The molecule has 0 aliphatic heterocycles. The maximum Gasteiger partial charge on any atom is 0.307 e. The molecule has 1 aliphatic carbocycles. The molecule has 2 N–H and O–H groups in total. The summed E-state index contributed by atoms with van der Waals surface area (Å²) in [4.78, 5) is 22.5. The normalized spacial score (nSPS) is 23.5. The minimum atomic E-state index is -3.27. The van der Waals surface area contributed by atoms with Crippen LogP contribution in [-0.2, 0) is 19.4 Å². The predicted molar refractivity (Wildman–Crippen MR) is 70.4 cm³/mol. The van der Waals surface area contributed by atoms with Crippen molar-refractivity contribution in [1.82, 2.24) is 5.32 Å². The number of nitrogens with one attached hydrogen (secondary N) is 1. The van der Waals surface area contributed by atoms with E-state index in [0.29, 0.717) is 12.8 Å². The van der Waals surface area contributed by atoms with Crippen LogP contribution in [0.15, 0.2) is 0 Å². The summed E-state index contributed by atoms with van der Waals surface area (Å²) in [6, 6.07) is 0. The molecule has 0 aromatic rings. The van der Waals surface area contributed by atoms with Crippen LogP contribution in [0, 0.1) is 11.8 Å².